The van der Waals surface area contributed by atoms with Gasteiger partial charge in [0.15, 0.2) is 0 Å². The Morgan fingerprint density at radius 3 is 2.72 bits per heavy atom. The molecule has 2 atom stereocenters. The van der Waals surface area contributed by atoms with Crippen molar-refractivity contribution in [2.45, 2.75) is 64.1 Å². The third kappa shape index (κ3) is 2.94. The van der Waals surface area contributed by atoms with Crippen molar-refractivity contribution in [1.29, 1.82) is 0 Å². The molecular formula is C19H30N4O2. The van der Waals surface area contributed by atoms with Crippen LogP contribution >= 0.6 is 0 Å². The van der Waals surface area contributed by atoms with Gasteiger partial charge >= 0.3 is 0 Å². The van der Waals surface area contributed by atoms with Crippen molar-refractivity contribution in [2.75, 3.05) is 31.1 Å². The number of ether oxygens (including phenoxy) is 1. The first-order valence-corrected chi connectivity index (χ1v) is 9.75. The lowest BCUT2D eigenvalue weighted by Gasteiger charge is -2.56. The number of rotatable bonds is 4. The van der Waals surface area contributed by atoms with Crippen LogP contribution in [-0.4, -0.2) is 53.5 Å². The third-order valence-corrected chi connectivity index (χ3v) is 6.53. The van der Waals surface area contributed by atoms with Gasteiger partial charge in [0.2, 0.25) is 5.95 Å². The SMILES string of the molecule is Cc1nc(N2CCC3(CC2)[C@H](O)C[C@@H]3OCCN)nc2c1CCCC2. The molecule has 1 saturated carbocycles. The van der Waals surface area contributed by atoms with Crippen LogP contribution in [0.2, 0.25) is 0 Å². The molecule has 2 fully saturated rings. The van der Waals surface area contributed by atoms with E-state index < -0.39 is 0 Å². The first-order chi connectivity index (χ1) is 12.1. The molecule has 1 aromatic heterocycles. The quantitative estimate of drug-likeness (QED) is 0.856. The molecular weight excluding hydrogens is 316 g/mol. The molecule has 0 aromatic carbocycles. The van der Waals surface area contributed by atoms with Crippen LogP contribution in [-0.2, 0) is 17.6 Å². The van der Waals surface area contributed by atoms with E-state index in [1.807, 2.05) is 0 Å². The number of anilines is 1. The summed E-state index contributed by atoms with van der Waals surface area (Å²) in [5, 5.41) is 10.4. The van der Waals surface area contributed by atoms with Gasteiger partial charge in [0.1, 0.15) is 0 Å². The molecule has 2 aliphatic carbocycles. The van der Waals surface area contributed by atoms with Crippen molar-refractivity contribution in [3.8, 4) is 0 Å². The highest BCUT2D eigenvalue weighted by atomic mass is 16.5. The topological polar surface area (TPSA) is 84.5 Å². The Labute approximate surface area is 149 Å². The summed E-state index contributed by atoms with van der Waals surface area (Å²) < 4.78 is 5.89. The first kappa shape index (κ1) is 17.2. The summed E-state index contributed by atoms with van der Waals surface area (Å²) in [7, 11) is 0. The molecule has 3 N–H and O–H groups in total. The van der Waals surface area contributed by atoms with Crippen LogP contribution < -0.4 is 10.6 Å². The molecule has 0 bridgehead atoms. The van der Waals surface area contributed by atoms with Crippen LogP contribution in [0.4, 0.5) is 5.95 Å². The van der Waals surface area contributed by atoms with E-state index in [1.54, 1.807) is 0 Å². The van der Waals surface area contributed by atoms with Gasteiger partial charge in [-0.3, -0.25) is 0 Å². The van der Waals surface area contributed by atoms with E-state index >= 15 is 0 Å². The maximum absolute atomic E-state index is 10.4. The lowest BCUT2D eigenvalue weighted by atomic mass is 9.58. The molecule has 4 rings (SSSR count). The summed E-state index contributed by atoms with van der Waals surface area (Å²) in [5.41, 5.74) is 9.24. The van der Waals surface area contributed by atoms with Crippen LogP contribution in [0.25, 0.3) is 0 Å². The van der Waals surface area contributed by atoms with Crippen LogP contribution in [0, 0.1) is 12.3 Å². The molecule has 6 heteroatoms. The zero-order valence-corrected chi connectivity index (χ0v) is 15.2. The Bertz CT molecular complexity index is 628. The number of piperidine rings is 1. The predicted molar refractivity (Wildman–Crippen MR) is 96.7 cm³/mol. The number of aromatic nitrogens is 2. The molecule has 0 unspecified atom stereocenters. The fourth-order valence-corrected chi connectivity index (χ4v) is 4.86. The van der Waals surface area contributed by atoms with Gasteiger partial charge in [-0.2, -0.15) is 0 Å². The average molecular weight is 346 g/mol. The predicted octanol–water partition coefficient (Wildman–Crippen LogP) is 1.36. The number of fused-ring (bicyclic) bond motifs is 1. The second kappa shape index (κ2) is 6.82. The monoisotopic (exact) mass is 346 g/mol. The highest BCUT2D eigenvalue weighted by Gasteiger charge is 2.56. The minimum atomic E-state index is -0.247. The minimum absolute atomic E-state index is 0.0884. The Morgan fingerprint density at radius 1 is 1.24 bits per heavy atom. The molecule has 3 aliphatic rings. The molecule has 138 valence electrons. The standard InChI is InChI=1S/C19H30N4O2/c1-13-14-4-2-3-5-15(14)22-18(21-13)23-9-6-19(7-10-23)16(24)12-17(19)25-11-8-20/h16-17,24H,2-12,20H2,1H3/t16-,17+/m1/s1. The summed E-state index contributed by atoms with van der Waals surface area (Å²) in [6.45, 7) is 5.01. The molecule has 1 saturated heterocycles. The number of aryl methyl sites for hydroxylation is 2. The van der Waals surface area contributed by atoms with E-state index in [2.05, 4.69) is 11.8 Å². The Balaban J connectivity index is 1.46. The molecule has 1 spiro atoms. The van der Waals surface area contributed by atoms with Crippen molar-refractivity contribution in [1.82, 2.24) is 9.97 Å². The second-order valence-corrected chi connectivity index (χ2v) is 7.86. The summed E-state index contributed by atoms with van der Waals surface area (Å²) in [6.07, 6.45) is 7.21. The van der Waals surface area contributed by atoms with Crippen molar-refractivity contribution in [3.63, 3.8) is 0 Å². The van der Waals surface area contributed by atoms with Gasteiger partial charge < -0.3 is 20.5 Å². The molecule has 2 heterocycles. The zero-order valence-electron chi connectivity index (χ0n) is 15.2. The summed E-state index contributed by atoms with van der Waals surface area (Å²) >= 11 is 0. The van der Waals surface area contributed by atoms with E-state index in [1.165, 1.54) is 24.1 Å². The van der Waals surface area contributed by atoms with E-state index in [4.69, 9.17) is 20.4 Å². The average Bonchev–Trinajstić information content (AvgIpc) is 2.65. The molecule has 1 aliphatic heterocycles. The maximum atomic E-state index is 10.4. The van der Waals surface area contributed by atoms with E-state index in [0.717, 1.165) is 56.8 Å². The Hall–Kier alpha value is -1.24. The first-order valence-electron chi connectivity index (χ1n) is 9.75. The fraction of sp³-hybridized carbons (Fsp3) is 0.789. The number of hydrogen-bond acceptors (Lipinski definition) is 6. The molecule has 0 radical (unpaired) electrons. The summed E-state index contributed by atoms with van der Waals surface area (Å²) in [5.74, 6) is 0.876. The molecule has 1 aromatic rings. The van der Waals surface area contributed by atoms with Crippen molar-refractivity contribution < 1.29 is 9.84 Å². The summed E-state index contributed by atoms with van der Waals surface area (Å²) in [4.78, 5) is 12.0. The number of hydrogen-bond donors (Lipinski definition) is 2. The molecule has 25 heavy (non-hydrogen) atoms. The van der Waals surface area contributed by atoms with E-state index in [0.29, 0.717) is 13.2 Å². The van der Waals surface area contributed by atoms with Gasteiger partial charge in [0, 0.05) is 42.9 Å². The number of nitrogens with zero attached hydrogens (tertiary/aromatic N) is 3. The maximum Gasteiger partial charge on any atom is 0.225 e. The number of nitrogens with two attached hydrogens (primary N) is 1. The van der Waals surface area contributed by atoms with Gasteiger partial charge in [-0.1, -0.05) is 0 Å². The van der Waals surface area contributed by atoms with Gasteiger partial charge in [0.25, 0.3) is 0 Å². The largest absolute Gasteiger partial charge is 0.392 e. The number of aliphatic hydroxyl groups is 1. The van der Waals surface area contributed by atoms with Crippen LogP contribution in [0.1, 0.15) is 49.1 Å². The van der Waals surface area contributed by atoms with Gasteiger partial charge in [-0.05, 0) is 51.0 Å². The van der Waals surface area contributed by atoms with Crippen molar-refractivity contribution >= 4 is 5.95 Å². The number of aliphatic hydroxyl groups excluding tert-OH is 1. The lowest BCUT2D eigenvalue weighted by molar-refractivity contribution is -0.200. The lowest BCUT2D eigenvalue weighted by Crippen LogP contribution is -2.62. The smallest absolute Gasteiger partial charge is 0.225 e. The van der Waals surface area contributed by atoms with Gasteiger partial charge in [-0.25, -0.2) is 9.97 Å². The second-order valence-electron chi connectivity index (χ2n) is 7.86. The zero-order chi connectivity index (χ0) is 17.4. The van der Waals surface area contributed by atoms with E-state index in [9.17, 15) is 5.11 Å². The van der Waals surface area contributed by atoms with Crippen molar-refractivity contribution in [3.05, 3.63) is 17.0 Å². The molecule has 0 amide bonds. The summed E-state index contributed by atoms with van der Waals surface area (Å²) in [6, 6.07) is 0. The Kier molecular flexibility index (Phi) is 4.69. The normalized spacial score (nSPS) is 27.9. The van der Waals surface area contributed by atoms with Gasteiger partial charge in [0.05, 0.1) is 18.8 Å². The Morgan fingerprint density at radius 2 is 2.00 bits per heavy atom. The van der Waals surface area contributed by atoms with Crippen LogP contribution in [0.15, 0.2) is 0 Å². The fourth-order valence-electron chi connectivity index (χ4n) is 4.86. The minimum Gasteiger partial charge on any atom is -0.392 e. The van der Waals surface area contributed by atoms with Crippen molar-refractivity contribution in [2.24, 2.45) is 11.1 Å². The third-order valence-electron chi connectivity index (χ3n) is 6.53. The van der Waals surface area contributed by atoms with E-state index in [-0.39, 0.29) is 17.6 Å². The highest BCUT2D eigenvalue weighted by molar-refractivity contribution is 5.39. The van der Waals surface area contributed by atoms with Gasteiger partial charge in [-0.15, -0.1) is 0 Å². The molecule has 6 nitrogen and oxygen atoms in total. The highest BCUT2D eigenvalue weighted by Crippen LogP contribution is 2.51. The van der Waals surface area contributed by atoms with Crippen LogP contribution in [0.5, 0.6) is 0 Å². The van der Waals surface area contributed by atoms with Crippen LogP contribution in [0.3, 0.4) is 0 Å².